The molecule has 0 aromatic heterocycles. The largest absolute Gasteiger partial charge is 0.495 e. The van der Waals surface area contributed by atoms with E-state index in [2.05, 4.69) is 10.6 Å². The van der Waals surface area contributed by atoms with Crippen molar-refractivity contribution in [1.29, 1.82) is 0 Å². The summed E-state index contributed by atoms with van der Waals surface area (Å²) in [7, 11) is 1.56. The summed E-state index contributed by atoms with van der Waals surface area (Å²) in [6.45, 7) is 6.36. The fourth-order valence-corrected chi connectivity index (χ4v) is 2.67. The minimum absolute atomic E-state index is 0.106. The Morgan fingerprint density at radius 1 is 1.26 bits per heavy atom. The molecule has 2 N–H and O–H groups in total. The number of rotatable bonds is 3. The lowest BCUT2D eigenvalue weighted by Gasteiger charge is -2.28. The molecule has 0 unspecified atom stereocenters. The van der Waals surface area contributed by atoms with E-state index in [4.69, 9.17) is 4.74 Å². The molecule has 23 heavy (non-hydrogen) atoms. The number of methoxy groups -OCH3 is 1. The van der Waals surface area contributed by atoms with E-state index in [9.17, 15) is 9.59 Å². The Balaban J connectivity index is 2.07. The quantitative estimate of drug-likeness (QED) is 0.899. The summed E-state index contributed by atoms with van der Waals surface area (Å²) in [4.78, 5) is 26.5. The highest BCUT2D eigenvalue weighted by molar-refractivity contribution is 5.95. The van der Waals surface area contributed by atoms with Crippen molar-refractivity contribution in [3.63, 3.8) is 0 Å². The summed E-state index contributed by atoms with van der Waals surface area (Å²) < 4.78 is 5.24. The molecule has 0 bridgehead atoms. The monoisotopic (exact) mass is 319 g/mol. The molecule has 1 aliphatic rings. The van der Waals surface area contributed by atoms with Crippen molar-refractivity contribution in [3.05, 3.63) is 24.3 Å². The number of urea groups is 1. The summed E-state index contributed by atoms with van der Waals surface area (Å²) in [6, 6.07) is 6.51. The van der Waals surface area contributed by atoms with Crippen LogP contribution < -0.4 is 15.4 Å². The van der Waals surface area contributed by atoms with Crippen LogP contribution in [0.1, 0.15) is 33.6 Å². The number of amides is 3. The first-order valence-electron chi connectivity index (χ1n) is 7.84. The molecule has 0 aliphatic carbocycles. The Labute approximate surface area is 137 Å². The van der Waals surface area contributed by atoms with Crippen LogP contribution in [0.15, 0.2) is 24.3 Å². The normalized spacial score (nSPS) is 17.7. The Kier molecular flexibility index (Phi) is 5.13. The van der Waals surface area contributed by atoms with Crippen molar-refractivity contribution < 1.29 is 14.3 Å². The number of carbonyl (C=O) groups excluding carboxylic acids is 2. The number of nitrogens with zero attached hydrogens (tertiary/aromatic N) is 1. The lowest BCUT2D eigenvalue weighted by atomic mass is 10.1. The van der Waals surface area contributed by atoms with Crippen LogP contribution in [0, 0.1) is 0 Å². The predicted octanol–water partition coefficient (Wildman–Crippen LogP) is 2.61. The molecule has 1 saturated heterocycles. The van der Waals surface area contributed by atoms with Crippen LogP contribution in [0.3, 0.4) is 0 Å². The summed E-state index contributed by atoms with van der Waals surface area (Å²) in [5, 5.41) is 5.78. The number of carbonyl (C=O) groups is 2. The van der Waals surface area contributed by atoms with E-state index in [0.717, 1.165) is 6.42 Å². The molecule has 1 atom stereocenters. The van der Waals surface area contributed by atoms with E-state index in [-0.39, 0.29) is 17.5 Å². The van der Waals surface area contributed by atoms with E-state index >= 15 is 0 Å². The summed E-state index contributed by atoms with van der Waals surface area (Å²) in [6.07, 6.45) is 1.50. The molecule has 6 heteroatoms. The maximum atomic E-state index is 12.5. The molecule has 1 aromatic carbocycles. The Hall–Kier alpha value is -2.24. The zero-order valence-electron chi connectivity index (χ0n) is 14.2. The van der Waals surface area contributed by atoms with Crippen LogP contribution in [0.25, 0.3) is 0 Å². The average Bonchev–Trinajstić information content (AvgIpc) is 2.95. The van der Waals surface area contributed by atoms with Crippen molar-refractivity contribution in [2.45, 2.75) is 45.2 Å². The summed E-state index contributed by atoms with van der Waals surface area (Å²) >= 11 is 0. The van der Waals surface area contributed by atoms with Crippen LogP contribution in [0.2, 0.25) is 0 Å². The highest BCUT2D eigenvalue weighted by Gasteiger charge is 2.35. The fraction of sp³-hybridized carbons (Fsp3) is 0.529. The molecule has 1 aromatic rings. The van der Waals surface area contributed by atoms with Gasteiger partial charge in [-0.3, -0.25) is 4.79 Å². The molecule has 1 fully saturated rings. The Bertz CT molecular complexity index is 581. The molecule has 1 heterocycles. The minimum atomic E-state index is -0.427. The molecule has 0 saturated carbocycles. The van der Waals surface area contributed by atoms with Crippen molar-refractivity contribution >= 4 is 17.6 Å². The van der Waals surface area contributed by atoms with Gasteiger partial charge in [-0.1, -0.05) is 12.1 Å². The SMILES string of the molecule is COc1ccccc1NC(=O)N1CCC[C@@H]1C(=O)NC(C)(C)C. The summed E-state index contributed by atoms with van der Waals surface area (Å²) in [5.41, 5.74) is 0.284. The third kappa shape index (κ3) is 4.37. The molecule has 2 rings (SSSR count). The zero-order chi connectivity index (χ0) is 17.0. The molecular weight excluding hydrogens is 294 g/mol. The number of nitrogens with one attached hydrogen (secondary N) is 2. The van der Waals surface area contributed by atoms with Gasteiger partial charge < -0.3 is 20.3 Å². The number of para-hydroxylation sites is 2. The molecule has 126 valence electrons. The number of likely N-dealkylation sites (tertiary alicyclic amines) is 1. The number of anilines is 1. The third-order valence-corrected chi connectivity index (χ3v) is 3.66. The first kappa shape index (κ1) is 17.1. The van der Waals surface area contributed by atoms with Gasteiger partial charge in [-0.15, -0.1) is 0 Å². The van der Waals surface area contributed by atoms with Crippen LogP contribution >= 0.6 is 0 Å². The zero-order valence-corrected chi connectivity index (χ0v) is 14.2. The Morgan fingerprint density at radius 3 is 2.61 bits per heavy atom. The van der Waals surface area contributed by atoms with Crippen molar-refractivity contribution in [3.8, 4) is 5.75 Å². The molecule has 0 radical (unpaired) electrons. The maximum Gasteiger partial charge on any atom is 0.322 e. The first-order valence-corrected chi connectivity index (χ1v) is 7.84. The topological polar surface area (TPSA) is 70.7 Å². The molecule has 3 amide bonds. The van der Waals surface area contributed by atoms with Gasteiger partial charge in [-0.2, -0.15) is 0 Å². The van der Waals surface area contributed by atoms with Crippen LogP contribution in [0.4, 0.5) is 10.5 Å². The highest BCUT2D eigenvalue weighted by atomic mass is 16.5. The van der Waals surface area contributed by atoms with E-state index in [1.165, 1.54) is 0 Å². The standard InChI is InChI=1S/C17H25N3O3/c1-17(2,3)19-15(21)13-9-7-11-20(13)16(22)18-12-8-5-6-10-14(12)23-4/h5-6,8,10,13H,7,9,11H2,1-4H3,(H,18,22)(H,19,21)/t13-/m1/s1. The lowest BCUT2D eigenvalue weighted by molar-refractivity contribution is -0.126. The molecule has 6 nitrogen and oxygen atoms in total. The van der Waals surface area contributed by atoms with Crippen molar-refractivity contribution in [1.82, 2.24) is 10.2 Å². The number of ether oxygens (including phenoxy) is 1. The fourth-order valence-electron chi connectivity index (χ4n) is 2.67. The second kappa shape index (κ2) is 6.89. The highest BCUT2D eigenvalue weighted by Crippen LogP contribution is 2.25. The second-order valence-corrected chi connectivity index (χ2v) is 6.72. The van der Waals surface area contributed by atoms with Crippen LogP contribution in [0.5, 0.6) is 5.75 Å². The average molecular weight is 319 g/mol. The third-order valence-electron chi connectivity index (χ3n) is 3.66. The second-order valence-electron chi connectivity index (χ2n) is 6.72. The van der Waals surface area contributed by atoms with Gasteiger partial charge in [0.2, 0.25) is 5.91 Å². The van der Waals surface area contributed by atoms with Gasteiger partial charge in [-0.25, -0.2) is 4.79 Å². The molecular formula is C17H25N3O3. The number of hydrogen-bond acceptors (Lipinski definition) is 3. The molecule has 1 aliphatic heterocycles. The maximum absolute atomic E-state index is 12.5. The van der Waals surface area contributed by atoms with Gasteiger partial charge in [0.05, 0.1) is 12.8 Å². The minimum Gasteiger partial charge on any atom is -0.495 e. The van der Waals surface area contributed by atoms with Gasteiger partial charge in [0.15, 0.2) is 0 Å². The van der Waals surface area contributed by atoms with Gasteiger partial charge in [-0.05, 0) is 45.7 Å². The van der Waals surface area contributed by atoms with Crippen LogP contribution in [-0.2, 0) is 4.79 Å². The van der Waals surface area contributed by atoms with Gasteiger partial charge in [0, 0.05) is 12.1 Å². The first-order chi connectivity index (χ1) is 10.8. The van der Waals surface area contributed by atoms with E-state index in [0.29, 0.717) is 24.4 Å². The number of hydrogen-bond donors (Lipinski definition) is 2. The van der Waals surface area contributed by atoms with Crippen molar-refractivity contribution in [2.24, 2.45) is 0 Å². The summed E-state index contributed by atoms with van der Waals surface area (Å²) in [5.74, 6) is 0.487. The van der Waals surface area contributed by atoms with E-state index in [1.807, 2.05) is 32.9 Å². The smallest absolute Gasteiger partial charge is 0.322 e. The van der Waals surface area contributed by atoms with Crippen molar-refractivity contribution in [2.75, 3.05) is 19.0 Å². The van der Waals surface area contributed by atoms with Crippen LogP contribution in [-0.4, -0.2) is 42.1 Å². The number of benzene rings is 1. The Morgan fingerprint density at radius 2 is 1.96 bits per heavy atom. The van der Waals surface area contributed by atoms with Gasteiger partial charge in [0.1, 0.15) is 11.8 Å². The lowest BCUT2D eigenvalue weighted by Crippen LogP contribution is -2.52. The van der Waals surface area contributed by atoms with E-state index < -0.39 is 6.04 Å². The van der Waals surface area contributed by atoms with Gasteiger partial charge >= 0.3 is 6.03 Å². The van der Waals surface area contributed by atoms with E-state index in [1.54, 1.807) is 24.1 Å². The molecule has 0 spiro atoms. The van der Waals surface area contributed by atoms with Gasteiger partial charge in [0.25, 0.3) is 0 Å². The predicted molar refractivity (Wildman–Crippen MR) is 89.6 cm³/mol.